The molecule has 0 fully saturated rings. The summed E-state index contributed by atoms with van der Waals surface area (Å²) in [7, 11) is 0. The number of hydrogen-bond acceptors (Lipinski definition) is 1. The summed E-state index contributed by atoms with van der Waals surface area (Å²) < 4.78 is 15.1. The minimum absolute atomic E-state index is 0.182. The summed E-state index contributed by atoms with van der Waals surface area (Å²) in [5.74, 6) is -0.182. The van der Waals surface area contributed by atoms with Gasteiger partial charge in [0, 0.05) is 11.0 Å². The van der Waals surface area contributed by atoms with Crippen molar-refractivity contribution in [2.45, 2.75) is 32.2 Å². The summed E-state index contributed by atoms with van der Waals surface area (Å²) in [6.45, 7) is 1.75. The van der Waals surface area contributed by atoms with Gasteiger partial charge in [0.1, 0.15) is 5.82 Å². The zero-order valence-corrected chi connectivity index (χ0v) is 13.6. The fourth-order valence-corrected chi connectivity index (χ4v) is 2.70. The molecule has 4 heteroatoms. The number of hydrogen-bond donors (Lipinski definition) is 1. The van der Waals surface area contributed by atoms with E-state index >= 15 is 0 Å². The Labute approximate surface area is 125 Å². The second-order valence-electron chi connectivity index (χ2n) is 4.06. The van der Waals surface area contributed by atoms with E-state index in [4.69, 9.17) is 0 Å². The van der Waals surface area contributed by atoms with Crippen LogP contribution < -0.4 is 5.32 Å². The van der Waals surface area contributed by atoms with Gasteiger partial charge in [0.15, 0.2) is 0 Å². The van der Waals surface area contributed by atoms with E-state index in [0.717, 1.165) is 23.1 Å². The van der Waals surface area contributed by atoms with Gasteiger partial charge in [-0.05, 0) is 47.6 Å². The molecule has 0 aromatic heterocycles. The lowest BCUT2D eigenvalue weighted by atomic mass is 10.2. The number of alkyl halides is 1. The second-order valence-corrected chi connectivity index (χ2v) is 6.05. The number of unbranched alkanes of at least 4 members (excludes halogenated alkanes) is 3. The van der Waals surface area contributed by atoms with E-state index in [1.807, 2.05) is 6.07 Å². The first-order valence-corrected chi connectivity index (χ1v) is 8.26. The first kappa shape index (κ1) is 15.4. The zero-order chi connectivity index (χ0) is 12.5. The van der Waals surface area contributed by atoms with Crippen molar-refractivity contribution < 1.29 is 4.39 Å². The monoisotopic (exact) mass is 413 g/mol. The molecule has 0 saturated heterocycles. The molecule has 1 aromatic carbocycles. The van der Waals surface area contributed by atoms with Gasteiger partial charge in [-0.2, -0.15) is 0 Å². The van der Waals surface area contributed by atoms with E-state index in [-0.39, 0.29) is 5.82 Å². The molecule has 0 heterocycles. The number of benzene rings is 1. The van der Waals surface area contributed by atoms with Crippen molar-refractivity contribution in [3.05, 3.63) is 34.1 Å². The van der Waals surface area contributed by atoms with Crippen LogP contribution in [0.4, 0.5) is 4.39 Å². The maximum absolute atomic E-state index is 13.1. The van der Waals surface area contributed by atoms with Gasteiger partial charge in [0.25, 0.3) is 0 Å². The van der Waals surface area contributed by atoms with Crippen molar-refractivity contribution in [2.75, 3.05) is 11.0 Å². The van der Waals surface area contributed by atoms with Crippen molar-refractivity contribution in [2.24, 2.45) is 0 Å². The van der Waals surface area contributed by atoms with Gasteiger partial charge in [-0.1, -0.05) is 51.4 Å². The molecule has 0 aliphatic carbocycles. The SMILES string of the molecule is Fc1cc(Br)cc(CNCCCCCCI)c1. The molecule has 0 saturated carbocycles. The van der Waals surface area contributed by atoms with Gasteiger partial charge in [0.2, 0.25) is 0 Å². The van der Waals surface area contributed by atoms with Crippen LogP contribution in [0.1, 0.15) is 31.2 Å². The minimum atomic E-state index is -0.182. The maximum atomic E-state index is 13.1. The third-order valence-corrected chi connectivity index (χ3v) is 3.71. The molecule has 0 unspecified atom stereocenters. The fraction of sp³-hybridized carbons (Fsp3) is 0.538. The van der Waals surface area contributed by atoms with Crippen LogP contribution >= 0.6 is 38.5 Å². The van der Waals surface area contributed by atoms with Gasteiger partial charge in [0.05, 0.1) is 0 Å². The van der Waals surface area contributed by atoms with E-state index in [1.54, 1.807) is 6.07 Å². The van der Waals surface area contributed by atoms with Crippen molar-refractivity contribution >= 4 is 38.5 Å². The van der Waals surface area contributed by atoms with Crippen LogP contribution in [0.25, 0.3) is 0 Å². The Bertz CT molecular complexity index is 313. The Morgan fingerprint density at radius 1 is 1.12 bits per heavy atom. The summed E-state index contributed by atoms with van der Waals surface area (Å²) in [6, 6.07) is 5.01. The molecule has 96 valence electrons. The second kappa shape index (κ2) is 9.28. The van der Waals surface area contributed by atoms with Crippen LogP contribution in [0.15, 0.2) is 22.7 Å². The van der Waals surface area contributed by atoms with Gasteiger partial charge < -0.3 is 5.32 Å². The molecule has 1 nitrogen and oxygen atoms in total. The standard InChI is InChI=1S/C13H18BrFIN/c14-12-7-11(8-13(15)9-12)10-17-6-4-2-1-3-5-16/h7-9,17H,1-6,10H2. The molecular weight excluding hydrogens is 396 g/mol. The van der Waals surface area contributed by atoms with Crippen molar-refractivity contribution in [1.29, 1.82) is 0 Å². The number of rotatable bonds is 8. The molecular formula is C13H18BrFIN. The van der Waals surface area contributed by atoms with Crippen molar-refractivity contribution in [1.82, 2.24) is 5.32 Å². The highest BCUT2D eigenvalue weighted by Gasteiger charge is 1.98. The Morgan fingerprint density at radius 3 is 2.59 bits per heavy atom. The lowest BCUT2D eigenvalue weighted by molar-refractivity contribution is 0.594. The minimum Gasteiger partial charge on any atom is -0.313 e. The highest BCUT2D eigenvalue weighted by atomic mass is 127. The van der Waals surface area contributed by atoms with Crippen LogP contribution in [0, 0.1) is 5.82 Å². The first-order chi connectivity index (χ1) is 8.22. The highest BCUT2D eigenvalue weighted by molar-refractivity contribution is 14.1. The predicted octanol–water partition coefficient (Wildman–Crippen LogP) is 4.67. The van der Waals surface area contributed by atoms with E-state index in [9.17, 15) is 4.39 Å². The summed E-state index contributed by atoms with van der Waals surface area (Å²) in [5, 5.41) is 3.34. The maximum Gasteiger partial charge on any atom is 0.124 e. The molecule has 0 amide bonds. The highest BCUT2D eigenvalue weighted by Crippen LogP contribution is 2.14. The van der Waals surface area contributed by atoms with Crippen LogP contribution in [0.2, 0.25) is 0 Å². The Balaban J connectivity index is 2.13. The van der Waals surface area contributed by atoms with Gasteiger partial charge in [-0.25, -0.2) is 4.39 Å². The van der Waals surface area contributed by atoms with E-state index < -0.39 is 0 Å². The van der Waals surface area contributed by atoms with Gasteiger partial charge >= 0.3 is 0 Å². The number of nitrogens with one attached hydrogen (secondary N) is 1. The molecule has 1 N–H and O–H groups in total. The van der Waals surface area contributed by atoms with Gasteiger partial charge in [-0.15, -0.1) is 0 Å². The fourth-order valence-electron chi connectivity index (χ4n) is 1.64. The van der Waals surface area contributed by atoms with Crippen molar-refractivity contribution in [3.63, 3.8) is 0 Å². The third-order valence-electron chi connectivity index (χ3n) is 2.49. The molecule has 17 heavy (non-hydrogen) atoms. The average molecular weight is 414 g/mol. The largest absolute Gasteiger partial charge is 0.313 e. The van der Waals surface area contributed by atoms with E-state index in [2.05, 4.69) is 43.8 Å². The number of halogens is 3. The molecule has 0 aliphatic rings. The Hall–Kier alpha value is 0.320. The average Bonchev–Trinajstić information content (AvgIpc) is 2.26. The van der Waals surface area contributed by atoms with Crippen LogP contribution in [-0.2, 0) is 6.54 Å². The summed E-state index contributed by atoms with van der Waals surface area (Å²) in [6.07, 6.45) is 5.11. The third kappa shape index (κ3) is 7.36. The smallest absolute Gasteiger partial charge is 0.124 e. The predicted molar refractivity (Wildman–Crippen MR) is 83.2 cm³/mol. The molecule has 1 aromatic rings. The molecule has 0 atom stereocenters. The topological polar surface area (TPSA) is 12.0 Å². The molecule has 1 rings (SSSR count). The van der Waals surface area contributed by atoms with Gasteiger partial charge in [-0.3, -0.25) is 0 Å². The van der Waals surface area contributed by atoms with E-state index in [0.29, 0.717) is 0 Å². The lowest BCUT2D eigenvalue weighted by Crippen LogP contribution is -2.14. The summed E-state index contributed by atoms with van der Waals surface area (Å²) >= 11 is 5.71. The lowest BCUT2D eigenvalue weighted by Gasteiger charge is -2.05. The van der Waals surface area contributed by atoms with E-state index in [1.165, 1.54) is 36.2 Å². The normalized spacial score (nSPS) is 10.8. The summed E-state index contributed by atoms with van der Waals surface area (Å²) in [5.41, 5.74) is 0.990. The summed E-state index contributed by atoms with van der Waals surface area (Å²) in [4.78, 5) is 0. The quantitative estimate of drug-likeness (QED) is 0.371. The Morgan fingerprint density at radius 2 is 1.88 bits per heavy atom. The van der Waals surface area contributed by atoms with Crippen molar-refractivity contribution in [3.8, 4) is 0 Å². The molecule has 0 bridgehead atoms. The van der Waals surface area contributed by atoms with Crippen LogP contribution in [0.3, 0.4) is 0 Å². The molecule has 0 radical (unpaired) electrons. The molecule has 0 spiro atoms. The van der Waals surface area contributed by atoms with Crippen LogP contribution in [-0.4, -0.2) is 11.0 Å². The first-order valence-electron chi connectivity index (χ1n) is 5.94. The van der Waals surface area contributed by atoms with Crippen LogP contribution in [0.5, 0.6) is 0 Å². The zero-order valence-electron chi connectivity index (χ0n) is 9.82. The molecule has 0 aliphatic heterocycles. The Kier molecular flexibility index (Phi) is 8.39.